The Hall–Kier alpha value is -4.18. The van der Waals surface area contributed by atoms with E-state index in [9.17, 15) is 19.5 Å². The van der Waals surface area contributed by atoms with Gasteiger partial charge in [0, 0.05) is 5.92 Å². The van der Waals surface area contributed by atoms with E-state index in [1.54, 1.807) is 0 Å². The van der Waals surface area contributed by atoms with Crippen molar-refractivity contribution in [1.82, 2.24) is 15.6 Å². The molecule has 3 N–H and O–H groups in total. The SMILES string of the molecule is COC(=O)[C@](C)(CO)NC(=O)c1coc(CNC(=O)OCC2c3ccccc3-c3ccccc32)n1. The minimum Gasteiger partial charge on any atom is -0.467 e. The molecule has 0 bridgehead atoms. The van der Waals surface area contributed by atoms with Crippen molar-refractivity contribution in [1.29, 1.82) is 0 Å². The number of aliphatic hydroxyl groups is 1. The van der Waals surface area contributed by atoms with Crippen LogP contribution in [0.15, 0.2) is 59.2 Å². The first-order valence-corrected chi connectivity index (χ1v) is 10.9. The summed E-state index contributed by atoms with van der Waals surface area (Å²) in [6, 6.07) is 16.1. The lowest BCUT2D eigenvalue weighted by Crippen LogP contribution is -2.55. The number of aliphatic hydroxyl groups excluding tert-OH is 1. The summed E-state index contributed by atoms with van der Waals surface area (Å²) >= 11 is 0. The van der Waals surface area contributed by atoms with Crippen molar-refractivity contribution in [2.75, 3.05) is 20.3 Å². The van der Waals surface area contributed by atoms with E-state index in [0.717, 1.165) is 35.6 Å². The van der Waals surface area contributed by atoms with Crippen LogP contribution in [0.1, 0.15) is 40.3 Å². The highest BCUT2D eigenvalue weighted by Crippen LogP contribution is 2.44. The molecule has 0 spiro atoms. The van der Waals surface area contributed by atoms with Crippen molar-refractivity contribution >= 4 is 18.0 Å². The third-order valence-corrected chi connectivity index (χ3v) is 5.85. The average Bonchev–Trinajstić information content (AvgIpc) is 3.48. The molecule has 0 unspecified atom stereocenters. The van der Waals surface area contributed by atoms with Crippen LogP contribution in [0.2, 0.25) is 0 Å². The number of hydrogen-bond acceptors (Lipinski definition) is 8. The molecule has 0 aliphatic heterocycles. The van der Waals surface area contributed by atoms with Crippen LogP contribution in [0.25, 0.3) is 11.1 Å². The number of amides is 2. The lowest BCUT2D eigenvalue weighted by Gasteiger charge is -2.24. The molecule has 10 nitrogen and oxygen atoms in total. The van der Waals surface area contributed by atoms with E-state index in [0.29, 0.717) is 0 Å². The molecule has 1 aliphatic rings. The third kappa shape index (κ3) is 4.87. The summed E-state index contributed by atoms with van der Waals surface area (Å²) in [6.07, 6.45) is 0.425. The first-order valence-electron chi connectivity index (χ1n) is 10.9. The third-order valence-electron chi connectivity index (χ3n) is 5.85. The molecule has 0 fully saturated rings. The molecule has 182 valence electrons. The van der Waals surface area contributed by atoms with Gasteiger partial charge in [0.05, 0.1) is 20.3 Å². The molecule has 0 saturated heterocycles. The number of carbonyl (C=O) groups excluding carboxylic acids is 3. The molecule has 4 rings (SSSR count). The topological polar surface area (TPSA) is 140 Å². The van der Waals surface area contributed by atoms with Crippen LogP contribution in [-0.2, 0) is 20.8 Å². The summed E-state index contributed by atoms with van der Waals surface area (Å²) in [7, 11) is 1.14. The van der Waals surface area contributed by atoms with Gasteiger partial charge in [-0.2, -0.15) is 0 Å². The molecule has 0 saturated carbocycles. The lowest BCUT2D eigenvalue weighted by molar-refractivity contribution is -0.149. The van der Waals surface area contributed by atoms with E-state index in [2.05, 4.69) is 32.5 Å². The predicted molar refractivity (Wildman–Crippen MR) is 123 cm³/mol. The molecule has 2 amide bonds. The van der Waals surface area contributed by atoms with Crippen molar-refractivity contribution in [3.63, 3.8) is 0 Å². The maximum Gasteiger partial charge on any atom is 0.407 e. The van der Waals surface area contributed by atoms with Crippen LogP contribution in [0.3, 0.4) is 0 Å². The number of nitrogens with zero attached hydrogens (tertiary/aromatic N) is 1. The number of nitrogens with one attached hydrogen (secondary N) is 2. The van der Waals surface area contributed by atoms with Crippen molar-refractivity contribution in [3.05, 3.63) is 77.5 Å². The van der Waals surface area contributed by atoms with Crippen LogP contribution >= 0.6 is 0 Å². The van der Waals surface area contributed by atoms with E-state index in [1.807, 2.05) is 36.4 Å². The molecular formula is C25H25N3O7. The van der Waals surface area contributed by atoms with E-state index in [1.165, 1.54) is 6.92 Å². The van der Waals surface area contributed by atoms with Gasteiger partial charge in [-0.25, -0.2) is 14.6 Å². The predicted octanol–water partition coefficient (Wildman–Crippen LogP) is 2.37. The summed E-state index contributed by atoms with van der Waals surface area (Å²) < 4.78 is 15.3. The second kappa shape index (κ2) is 9.98. The smallest absolute Gasteiger partial charge is 0.407 e. The zero-order chi connectivity index (χ0) is 25.0. The van der Waals surface area contributed by atoms with Crippen molar-refractivity contribution in [2.24, 2.45) is 0 Å². The van der Waals surface area contributed by atoms with Crippen LogP contribution in [0.5, 0.6) is 0 Å². The van der Waals surface area contributed by atoms with Crippen LogP contribution in [0.4, 0.5) is 4.79 Å². The Kier molecular flexibility index (Phi) is 6.83. The van der Waals surface area contributed by atoms with E-state index in [-0.39, 0.29) is 30.7 Å². The number of esters is 1. The van der Waals surface area contributed by atoms with E-state index < -0.39 is 30.1 Å². The van der Waals surface area contributed by atoms with Gasteiger partial charge in [0.25, 0.3) is 5.91 Å². The average molecular weight is 479 g/mol. The molecule has 35 heavy (non-hydrogen) atoms. The summed E-state index contributed by atoms with van der Waals surface area (Å²) in [6.45, 7) is 0.695. The number of alkyl carbamates (subject to hydrolysis) is 1. The standard InChI is InChI=1S/C25H25N3O7/c1-25(14-29,23(31)33-2)28-22(30)20-13-34-21(27-20)11-26-24(32)35-12-19-17-9-5-3-7-15(17)16-8-4-6-10-18(16)19/h3-10,13,19,29H,11-12,14H2,1-2H3,(H,26,32)(H,28,30)/t25-/m0/s1. The van der Waals surface area contributed by atoms with Gasteiger partial charge in [0.15, 0.2) is 11.2 Å². The van der Waals surface area contributed by atoms with Gasteiger partial charge in [-0.15, -0.1) is 0 Å². The van der Waals surface area contributed by atoms with Gasteiger partial charge < -0.3 is 29.6 Å². The zero-order valence-corrected chi connectivity index (χ0v) is 19.2. The largest absolute Gasteiger partial charge is 0.467 e. The molecule has 2 aromatic carbocycles. The Morgan fingerprint density at radius 3 is 2.31 bits per heavy atom. The summed E-state index contributed by atoms with van der Waals surface area (Å²) in [5.41, 5.74) is 2.71. The number of aromatic nitrogens is 1. The zero-order valence-electron chi connectivity index (χ0n) is 19.2. The second-order valence-electron chi connectivity index (χ2n) is 8.24. The van der Waals surface area contributed by atoms with Gasteiger partial charge in [-0.1, -0.05) is 48.5 Å². The number of ether oxygens (including phenoxy) is 2. The molecule has 3 aromatic rings. The molecule has 1 atom stereocenters. The summed E-state index contributed by atoms with van der Waals surface area (Å²) in [5, 5.41) is 14.4. The van der Waals surface area contributed by atoms with Gasteiger partial charge >= 0.3 is 12.1 Å². The van der Waals surface area contributed by atoms with Gasteiger partial charge in [0.2, 0.25) is 5.89 Å². The maximum absolute atomic E-state index is 12.4. The van der Waals surface area contributed by atoms with Crippen molar-refractivity contribution < 1.29 is 33.4 Å². The molecular weight excluding hydrogens is 454 g/mol. The monoisotopic (exact) mass is 479 g/mol. The lowest BCUT2D eigenvalue weighted by atomic mass is 9.98. The fourth-order valence-electron chi connectivity index (χ4n) is 3.99. The fraction of sp³-hybridized carbons (Fsp3) is 0.280. The van der Waals surface area contributed by atoms with Gasteiger partial charge in [-0.05, 0) is 29.2 Å². The number of carbonyl (C=O) groups is 3. The first kappa shape index (κ1) is 24.0. The Morgan fingerprint density at radius 1 is 1.09 bits per heavy atom. The second-order valence-corrected chi connectivity index (χ2v) is 8.24. The number of fused-ring (bicyclic) bond motifs is 3. The van der Waals surface area contributed by atoms with Gasteiger partial charge in [-0.3, -0.25) is 4.79 Å². The number of hydrogen-bond donors (Lipinski definition) is 3. The van der Waals surface area contributed by atoms with Crippen molar-refractivity contribution in [3.8, 4) is 11.1 Å². The van der Waals surface area contributed by atoms with E-state index in [4.69, 9.17) is 9.15 Å². The maximum atomic E-state index is 12.4. The Morgan fingerprint density at radius 2 is 1.71 bits per heavy atom. The quantitative estimate of drug-likeness (QED) is 0.419. The minimum absolute atomic E-state index is 0.0624. The Bertz CT molecular complexity index is 1210. The highest BCUT2D eigenvalue weighted by molar-refractivity contribution is 5.96. The van der Waals surface area contributed by atoms with Crippen LogP contribution < -0.4 is 10.6 Å². The number of methoxy groups -OCH3 is 1. The normalized spacial score (nSPS) is 13.8. The summed E-state index contributed by atoms with van der Waals surface area (Å²) in [5.74, 6) is -1.56. The van der Waals surface area contributed by atoms with Gasteiger partial charge in [0.1, 0.15) is 12.9 Å². The highest BCUT2D eigenvalue weighted by atomic mass is 16.5. The number of rotatable bonds is 8. The molecule has 1 aliphatic carbocycles. The molecule has 0 radical (unpaired) electrons. The Balaban J connectivity index is 1.32. The summed E-state index contributed by atoms with van der Waals surface area (Å²) in [4.78, 5) is 40.5. The van der Waals surface area contributed by atoms with Crippen molar-refractivity contribution in [2.45, 2.75) is 24.9 Å². The minimum atomic E-state index is -1.63. The highest BCUT2D eigenvalue weighted by Gasteiger charge is 2.36. The van der Waals surface area contributed by atoms with E-state index >= 15 is 0 Å². The number of oxazole rings is 1. The number of benzene rings is 2. The van der Waals surface area contributed by atoms with Crippen LogP contribution in [-0.4, -0.2) is 53.9 Å². The molecule has 1 aromatic heterocycles. The fourth-order valence-corrected chi connectivity index (χ4v) is 3.99. The van der Waals surface area contributed by atoms with Crippen LogP contribution in [0, 0.1) is 0 Å². The molecule has 10 heteroatoms. The Labute approximate surface area is 201 Å². The molecule has 1 heterocycles. The first-order chi connectivity index (χ1) is 16.9.